The van der Waals surface area contributed by atoms with Crippen molar-refractivity contribution in [2.75, 3.05) is 26.2 Å². The minimum atomic E-state index is -0.433. The lowest BCUT2D eigenvalue weighted by Crippen LogP contribution is -2.46. The van der Waals surface area contributed by atoms with E-state index in [1.54, 1.807) is 6.07 Å². The van der Waals surface area contributed by atoms with Crippen LogP contribution >= 0.6 is 0 Å². The van der Waals surface area contributed by atoms with Crippen molar-refractivity contribution in [2.24, 2.45) is 5.92 Å². The van der Waals surface area contributed by atoms with Crippen molar-refractivity contribution in [3.63, 3.8) is 0 Å². The molecule has 0 spiro atoms. The SMILES string of the molecule is CCCN(CC1CCN(C(=O)OC(C)(C)C)CC1)C1CCc2ccc(O)cc2C1. The predicted octanol–water partition coefficient (Wildman–Crippen LogP) is 4.61. The van der Waals surface area contributed by atoms with Crippen LogP contribution in [0.15, 0.2) is 18.2 Å². The molecule has 1 N–H and O–H groups in total. The molecule has 162 valence electrons. The Hall–Kier alpha value is -1.75. The number of fused-ring (bicyclic) bond motifs is 1. The Balaban J connectivity index is 1.55. The topological polar surface area (TPSA) is 53.0 Å². The Morgan fingerprint density at radius 1 is 1.21 bits per heavy atom. The molecular weight excluding hydrogens is 364 g/mol. The highest BCUT2D eigenvalue weighted by Gasteiger charge is 2.30. The summed E-state index contributed by atoms with van der Waals surface area (Å²) in [5.74, 6) is 1.01. The van der Waals surface area contributed by atoms with Crippen LogP contribution in [-0.4, -0.2) is 58.8 Å². The summed E-state index contributed by atoms with van der Waals surface area (Å²) in [6.45, 7) is 11.8. The minimum absolute atomic E-state index is 0.176. The number of hydrogen-bond donors (Lipinski definition) is 1. The summed E-state index contributed by atoms with van der Waals surface area (Å²) in [5, 5.41) is 9.86. The number of phenols is 1. The number of piperidine rings is 1. The lowest BCUT2D eigenvalue weighted by Gasteiger charge is -2.40. The highest BCUT2D eigenvalue weighted by atomic mass is 16.6. The van der Waals surface area contributed by atoms with Gasteiger partial charge in [0.05, 0.1) is 0 Å². The maximum atomic E-state index is 12.3. The number of carbonyl (C=O) groups excluding carboxylic acids is 1. The van der Waals surface area contributed by atoms with Crippen molar-refractivity contribution < 1.29 is 14.6 Å². The van der Waals surface area contributed by atoms with Crippen LogP contribution in [0.5, 0.6) is 5.75 Å². The Kier molecular flexibility index (Phi) is 7.10. The quantitative estimate of drug-likeness (QED) is 0.781. The molecule has 1 aliphatic heterocycles. The van der Waals surface area contributed by atoms with Gasteiger partial charge in [0.25, 0.3) is 0 Å². The van der Waals surface area contributed by atoms with Crippen molar-refractivity contribution in [1.29, 1.82) is 0 Å². The normalized spacial score (nSPS) is 20.6. The minimum Gasteiger partial charge on any atom is -0.508 e. The van der Waals surface area contributed by atoms with Gasteiger partial charge in [-0.3, -0.25) is 4.90 Å². The molecule has 1 saturated heterocycles. The average Bonchev–Trinajstić information content (AvgIpc) is 2.66. The van der Waals surface area contributed by atoms with Gasteiger partial charge in [0, 0.05) is 25.7 Å². The number of rotatable bonds is 5. The van der Waals surface area contributed by atoms with E-state index in [4.69, 9.17) is 4.74 Å². The van der Waals surface area contributed by atoms with Gasteiger partial charge in [0.2, 0.25) is 0 Å². The molecule has 5 heteroatoms. The first kappa shape index (κ1) is 21.9. The summed E-state index contributed by atoms with van der Waals surface area (Å²) >= 11 is 0. The Bertz CT molecular complexity index is 690. The van der Waals surface area contributed by atoms with Gasteiger partial charge in [-0.05, 0) is 95.0 Å². The molecule has 1 aliphatic carbocycles. The van der Waals surface area contributed by atoms with Crippen molar-refractivity contribution in [2.45, 2.75) is 77.9 Å². The van der Waals surface area contributed by atoms with Crippen molar-refractivity contribution in [3.8, 4) is 5.75 Å². The lowest BCUT2D eigenvalue weighted by atomic mass is 9.86. The number of aromatic hydroxyl groups is 1. The maximum absolute atomic E-state index is 12.3. The molecule has 1 heterocycles. The highest BCUT2D eigenvalue weighted by Crippen LogP contribution is 2.29. The zero-order valence-corrected chi connectivity index (χ0v) is 18.6. The van der Waals surface area contributed by atoms with Gasteiger partial charge >= 0.3 is 6.09 Å². The Labute approximate surface area is 176 Å². The number of benzene rings is 1. The summed E-state index contributed by atoms with van der Waals surface area (Å²) in [5.41, 5.74) is 2.26. The molecule has 0 saturated carbocycles. The summed E-state index contributed by atoms with van der Waals surface area (Å²) in [4.78, 5) is 16.8. The van der Waals surface area contributed by atoms with Crippen LogP contribution in [-0.2, 0) is 17.6 Å². The predicted molar refractivity (Wildman–Crippen MR) is 116 cm³/mol. The largest absolute Gasteiger partial charge is 0.508 e. The summed E-state index contributed by atoms with van der Waals surface area (Å²) in [6.07, 6.45) is 6.38. The molecule has 1 amide bonds. The van der Waals surface area contributed by atoms with E-state index in [-0.39, 0.29) is 6.09 Å². The third-order valence-corrected chi connectivity index (χ3v) is 6.18. The van der Waals surface area contributed by atoms with Crippen molar-refractivity contribution in [3.05, 3.63) is 29.3 Å². The molecule has 5 nitrogen and oxygen atoms in total. The fourth-order valence-corrected chi connectivity index (χ4v) is 4.70. The number of hydrogen-bond acceptors (Lipinski definition) is 4. The van der Waals surface area contributed by atoms with E-state index in [9.17, 15) is 9.90 Å². The van der Waals surface area contributed by atoms with Crippen LogP contribution < -0.4 is 0 Å². The van der Waals surface area contributed by atoms with Gasteiger partial charge in [0.1, 0.15) is 11.4 Å². The van der Waals surface area contributed by atoms with Crippen LogP contribution in [0.25, 0.3) is 0 Å². The molecular formula is C24H38N2O3. The first-order chi connectivity index (χ1) is 13.7. The molecule has 1 fully saturated rings. The molecule has 1 unspecified atom stereocenters. The third-order valence-electron chi connectivity index (χ3n) is 6.18. The monoisotopic (exact) mass is 402 g/mol. The number of amides is 1. The zero-order valence-electron chi connectivity index (χ0n) is 18.6. The van der Waals surface area contributed by atoms with Crippen molar-refractivity contribution in [1.82, 2.24) is 9.80 Å². The Morgan fingerprint density at radius 3 is 2.59 bits per heavy atom. The number of aryl methyl sites for hydroxylation is 1. The molecule has 0 bridgehead atoms. The fourth-order valence-electron chi connectivity index (χ4n) is 4.70. The smallest absolute Gasteiger partial charge is 0.410 e. The number of ether oxygens (including phenoxy) is 1. The Morgan fingerprint density at radius 2 is 1.93 bits per heavy atom. The molecule has 0 radical (unpaired) electrons. The highest BCUT2D eigenvalue weighted by molar-refractivity contribution is 5.68. The first-order valence-electron chi connectivity index (χ1n) is 11.3. The van der Waals surface area contributed by atoms with Crippen molar-refractivity contribution >= 4 is 6.09 Å². The first-order valence-corrected chi connectivity index (χ1v) is 11.3. The van der Waals surface area contributed by atoms with Crippen LogP contribution in [0.3, 0.4) is 0 Å². The van der Waals surface area contributed by atoms with Gasteiger partial charge in [-0.2, -0.15) is 0 Å². The van der Waals surface area contributed by atoms with E-state index in [0.717, 1.165) is 58.3 Å². The summed E-state index contributed by atoms with van der Waals surface area (Å²) in [7, 11) is 0. The number of phenolic OH excluding ortho intramolecular Hbond substituents is 1. The molecule has 1 atom stereocenters. The molecule has 1 aromatic carbocycles. The maximum Gasteiger partial charge on any atom is 0.410 e. The molecule has 0 aromatic heterocycles. The zero-order chi connectivity index (χ0) is 21.0. The van der Waals surface area contributed by atoms with E-state index in [0.29, 0.717) is 17.7 Å². The van der Waals surface area contributed by atoms with E-state index in [1.807, 2.05) is 31.7 Å². The second-order valence-corrected chi connectivity index (χ2v) is 9.76. The summed E-state index contributed by atoms with van der Waals surface area (Å²) in [6, 6.07) is 6.39. The number of nitrogens with zero attached hydrogens (tertiary/aromatic N) is 2. The van der Waals surface area contributed by atoms with Gasteiger partial charge < -0.3 is 14.7 Å². The second kappa shape index (κ2) is 9.38. The van der Waals surface area contributed by atoms with Gasteiger partial charge in [0.15, 0.2) is 0 Å². The van der Waals surface area contributed by atoms with Gasteiger partial charge in [-0.15, -0.1) is 0 Å². The van der Waals surface area contributed by atoms with Gasteiger partial charge in [-0.1, -0.05) is 13.0 Å². The third kappa shape index (κ3) is 6.11. The van der Waals surface area contributed by atoms with E-state index in [2.05, 4.69) is 17.9 Å². The standard InChI is InChI=1S/C24H38N2O3/c1-5-12-26(21-8-6-19-7-9-22(27)16-20(19)15-21)17-18-10-13-25(14-11-18)23(28)29-24(2,3)4/h7,9,16,18,21,27H,5-6,8,10-15,17H2,1-4H3. The summed E-state index contributed by atoms with van der Waals surface area (Å²) < 4.78 is 5.53. The van der Waals surface area contributed by atoms with Crippen LogP contribution in [0, 0.1) is 5.92 Å². The molecule has 1 aromatic rings. The van der Waals surface area contributed by atoms with Crippen LogP contribution in [0.4, 0.5) is 4.79 Å². The molecule has 3 rings (SSSR count). The lowest BCUT2D eigenvalue weighted by molar-refractivity contribution is 0.0159. The average molecular weight is 403 g/mol. The van der Waals surface area contributed by atoms with E-state index in [1.165, 1.54) is 17.5 Å². The fraction of sp³-hybridized carbons (Fsp3) is 0.708. The van der Waals surface area contributed by atoms with Crippen LogP contribution in [0.2, 0.25) is 0 Å². The van der Waals surface area contributed by atoms with Gasteiger partial charge in [-0.25, -0.2) is 4.79 Å². The molecule has 29 heavy (non-hydrogen) atoms. The van der Waals surface area contributed by atoms with Crippen LogP contribution in [0.1, 0.15) is 64.5 Å². The van der Waals surface area contributed by atoms with E-state index >= 15 is 0 Å². The van der Waals surface area contributed by atoms with E-state index < -0.39 is 5.60 Å². The number of likely N-dealkylation sites (tertiary alicyclic amines) is 1. The second-order valence-electron chi connectivity index (χ2n) is 9.76. The molecule has 2 aliphatic rings. The number of carbonyl (C=O) groups is 1.